The highest BCUT2D eigenvalue weighted by molar-refractivity contribution is 8.01. The van der Waals surface area contributed by atoms with Gasteiger partial charge in [0, 0.05) is 12.5 Å². The smallest absolute Gasteiger partial charge is 0.213 e. The van der Waals surface area contributed by atoms with Crippen LogP contribution in [0.4, 0.5) is 0 Å². The fourth-order valence-electron chi connectivity index (χ4n) is 1.73. The standard InChI is InChI=1S/C12H16N6OS2/c1-12(2,3)7-5-18-9(13-7)20-11(16-18)21-10-15-14-8(6-19)17(10)4/h5,19H,6H2,1-4H3. The van der Waals surface area contributed by atoms with Crippen molar-refractivity contribution in [1.82, 2.24) is 29.4 Å². The Kier molecular flexibility index (Phi) is 3.50. The Morgan fingerprint density at radius 1 is 1.33 bits per heavy atom. The van der Waals surface area contributed by atoms with Crippen molar-refractivity contribution < 1.29 is 5.11 Å². The van der Waals surface area contributed by atoms with Crippen molar-refractivity contribution in [2.24, 2.45) is 7.05 Å². The molecule has 3 heterocycles. The average molecular weight is 324 g/mol. The second-order valence-electron chi connectivity index (χ2n) is 5.69. The number of hydrogen-bond donors (Lipinski definition) is 1. The molecular formula is C12H16N6OS2. The van der Waals surface area contributed by atoms with Crippen molar-refractivity contribution in [2.45, 2.75) is 42.3 Å². The molecule has 0 aromatic carbocycles. The highest BCUT2D eigenvalue weighted by Crippen LogP contribution is 2.31. The van der Waals surface area contributed by atoms with Crippen LogP contribution in [0.3, 0.4) is 0 Å². The van der Waals surface area contributed by atoms with Gasteiger partial charge >= 0.3 is 0 Å². The molecule has 112 valence electrons. The predicted octanol–water partition coefficient (Wildman–Crippen LogP) is 1.86. The molecule has 0 saturated carbocycles. The van der Waals surface area contributed by atoms with E-state index in [9.17, 15) is 0 Å². The summed E-state index contributed by atoms with van der Waals surface area (Å²) in [6, 6.07) is 0. The lowest BCUT2D eigenvalue weighted by Gasteiger charge is -2.13. The number of hydrogen-bond acceptors (Lipinski definition) is 7. The zero-order valence-corrected chi connectivity index (χ0v) is 13.9. The van der Waals surface area contributed by atoms with Crippen molar-refractivity contribution in [3.63, 3.8) is 0 Å². The number of imidazole rings is 1. The van der Waals surface area contributed by atoms with Crippen molar-refractivity contribution in [1.29, 1.82) is 0 Å². The zero-order chi connectivity index (χ0) is 15.2. The van der Waals surface area contributed by atoms with E-state index in [1.165, 1.54) is 23.1 Å². The summed E-state index contributed by atoms with van der Waals surface area (Å²) in [5, 5.41) is 22.3. The maximum atomic E-state index is 9.13. The summed E-state index contributed by atoms with van der Waals surface area (Å²) in [5.74, 6) is 0.536. The van der Waals surface area contributed by atoms with Crippen molar-refractivity contribution in [3.05, 3.63) is 17.7 Å². The van der Waals surface area contributed by atoms with Crippen LogP contribution in [0.2, 0.25) is 0 Å². The third-order valence-corrected chi connectivity index (χ3v) is 5.05. The van der Waals surface area contributed by atoms with E-state index in [4.69, 9.17) is 5.11 Å². The third-order valence-electron chi connectivity index (χ3n) is 3.04. The van der Waals surface area contributed by atoms with Gasteiger partial charge in [-0.3, -0.25) is 0 Å². The summed E-state index contributed by atoms with van der Waals surface area (Å²) in [6.45, 7) is 6.27. The van der Waals surface area contributed by atoms with Crippen LogP contribution in [-0.2, 0) is 19.1 Å². The number of rotatable bonds is 3. The summed E-state index contributed by atoms with van der Waals surface area (Å²) in [6.07, 6.45) is 1.96. The van der Waals surface area contributed by atoms with E-state index in [2.05, 4.69) is 41.1 Å². The second-order valence-corrected chi connectivity index (χ2v) is 7.86. The first-order valence-electron chi connectivity index (χ1n) is 6.42. The molecule has 0 unspecified atom stereocenters. The predicted molar refractivity (Wildman–Crippen MR) is 80.6 cm³/mol. The molecular weight excluding hydrogens is 308 g/mol. The monoisotopic (exact) mass is 324 g/mol. The molecule has 0 aliphatic heterocycles. The topological polar surface area (TPSA) is 81.1 Å². The van der Waals surface area contributed by atoms with Crippen molar-refractivity contribution >= 4 is 28.1 Å². The SMILES string of the molecule is Cn1c(CO)nnc1Sc1nn2cc(C(C)(C)C)nc2s1. The van der Waals surface area contributed by atoms with Crippen LogP contribution in [0.25, 0.3) is 4.96 Å². The maximum absolute atomic E-state index is 9.13. The van der Waals surface area contributed by atoms with Gasteiger partial charge in [-0.05, 0) is 11.8 Å². The number of aliphatic hydroxyl groups excluding tert-OH is 1. The highest BCUT2D eigenvalue weighted by atomic mass is 32.2. The first-order valence-corrected chi connectivity index (χ1v) is 8.05. The molecule has 0 amide bonds. The third kappa shape index (κ3) is 2.68. The molecule has 0 radical (unpaired) electrons. The zero-order valence-electron chi connectivity index (χ0n) is 12.2. The summed E-state index contributed by atoms with van der Waals surface area (Å²) in [5.41, 5.74) is 1.04. The van der Waals surface area contributed by atoms with Gasteiger partial charge in [0.2, 0.25) is 4.96 Å². The van der Waals surface area contributed by atoms with Crippen LogP contribution in [0, 0.1) is 0 Å². The summed E-state index contributed by atoms with van der Waals surface area (Å²) in [7, 11) is 1.82. The van der Waals surface area contributed by atoms with E-state index >= 15 is 0 Å². The Bertz CT molecular complexity index is 750. The summed E-state index contributed by atoms with van der Waals surface area (Å²) in [4.78, 5) is 5.48. The quantitative estimate of drug-likeness (QED) is 0.792. The lowest BCUT2D eigenvalue weighted by Crippen LogP contribution is -2.11. The van der Waals surface area contributed by atoms with Gasteiger partial charge < -0.3 is 9.67 Å². The molecule has 9 heteroatoms. The van der Waals surface area contributed by atoms with Gasteiger partial charge in [0.15, 0.2) is 15.3 Å². The van der Waals surface area contributed by atoms with Crippen LogP contribution in [0.5, 0.6) is 0 Å². The van der Waals surface area contributed by atoms with Crippen LogP contribution >= 0.6 is 23.1 Å². The number of aromatic nitrogens is 6. The van der Waals surface area contributed by atoms with E-state index < -0.39 is 0 Å². The van der Waals surface area contributed by atoms with E-state index in [0.29, 0.717) is 11.0 Å². The number of fused-ring (bicyclic) bond motifs is 1. The molecule has 0 saturated heterocycles. The van der Waals surface area contributed by atoms with Crippen LogP contribution in [0.15, 0.2) is 15.7 Å². The largest absolute Gasteiger partial charge is 0.388 e. The Labute approximate surface area is 130 Å². The van der Waals surface area contributed by atoms with Crippen LogP contribution < -0.4 is 0 Å². The fraction of sp³-hybridized carbons (Fsp3) is 0.500. The number of aliphatic hydroxyl groups is 1. The summed E-state index contributed by atoms with van der Waals surface area (Å²) < 4.78 is 4.41. The molecule has 0 bridgehead atoms. The second kappa shape index (κ2) is 5.08. The Morgan fingerprint density at radius 3 is 2.67 bits per heavy atom. The molecule has 21 heavy (non-hydrogen) atoms. The van der Waals surface area contributed by atoms with Crippen LogP contribution in [-0.4, -0.2) is 34.5 Å². The fourth-order valence-corrected chi connectivity index (χ4v) is 3.57. The van der Waals surface area contributed by atoms with Crippen molar-refractivity contribution in [3.8, 4) is 0 Å². The molecule has 7 nitrogen and oxygen atoms in total. The normalized spacial score (nSPS) is 12.4. The molecule has 3 aromatic rings. The van der Waals surface area contributed by atoms with E-state index in [-0.39, 0.29) is 12.0 Å². The lowest BCUT2D eigenvalue weighted by molar-refractivity contribution is 0.266. The Balaban J connectivity index is 1.88. The maximum Gasteiger partial charge on any atom is 0.213 e. The van der Waals surface area contributed by atoms with Gasteiger partial charge in [-0.2, -0.15) is 0 Å². The van der Waals surface area contributed by atoms with Gasteiger partial charge in [-0.25, -0.2) is 9.50 Å². The Morgan fingerprint density at radius 2 is 2.10 bits per heavy atom. The van der Waals surface area contributed by atoms with E-state index in [1.54, 1.807) is 9.08 Å². The minimum absolute atomic E-state index is 0.0142. The minimum Gasteiger partial charge on any atom is -0.388 e. The lowest BCUT2D eigenvalue weighted by atomic mass is 9.93. The van der Waals surface area contributed by atoms with E-state index in [0.717, 1.165) is 15.0 Å². The molecule has 0 atom stereocenters. The van der Waals surface area contributed by atoms with Crippen LogP contribution in [0.1, 0.15) is 32.3 Å². The highest BCUT2D eigenvalue weighted by Gasteiger charge is 2.20. The Hall–Kier alpha value is -1.45. The van der Waals surface area contributed by atoms with E-state index in [1.807, 2.05) is 13.2 Å². The first kappa shape index (κ1) is 14.5. The minimum atomic E-state index is -0.125. The van der Waals surface area contributed by atoms with Gasteiger partial charge in [0.25, 0.3) is 0 Å². The van der Waals surface area contributed by atoms with Gasteiger partial charge in [0.1, 0.15) is 6.61 Å². The van der Waals surface area contributed by atoms with Crippen molar-refractivity contribution in [2.75, 3.05) is 0 Å². The van der Waals surface area contributed by atoms with Gasteiger partial charge in [0.05, 0.1) is 11.9 Å². The molecule has 0 fully saturated rings. The first-order chi connectivity index (χ1) is 9.88. The molecule has 3 rings (SSSR count). The van der Waals surface area contributed by atoms with Gasteiger partial charge in [-0.1, -0.05) is 32.1 Å². The molecule has 0 spiro atoms. The van der Waals surface area contributed by atoms with Gasteiger partial charge in [-0.15, -0.1) is 15.3 Å². The summed E-state index contributed by atoms with van der Waals surface area (Å²) >= 11 is 2.93. The number of nitrogens with zero attached hydrogens (tertiary/aromatic N) is 6. The molecule has 3 aromatic heterocycles. The molecule has 0 aliphatic rings. The average Bonchev–Trinajstić information content (AvgIpc) is 3.03. The molecule has 1 N–H and O–H groups in total. The molecule has 0 aliphatic carbocycles.